The molecule has 0 bridgehead atoms. The van der Waals surface area contributed by atoms with E-state index in [-0.39, 0.29) is 11.5 Å². The lowest BCUT2D eigenvalue weighted by molar-refractivity contribution is -0.277. The Morgan fingerprint density at radius 1 is 1.00 bits per heavy atom. The maximum atomic E-state index is 10.3. The molecule has 1 aliphatic rings. The summed E-state index contributed by atoms with van der Waals surface area (Å²) < 4.78 is 22.1. The second kappa shape index (κ2) is 10.5. The molecule has 170 valence electrons. The second-order valence-electron chi connectivity index (χ2n) is 7.13. The van der Waals surface area contributed by atoms with Crippen LogP contribution in [0.3, 0.4) is 0 Å². The highest BCUT2D eigenvalue weighted by Crippen LogP contribution is 2.39. The number of aliphatic hydroxyl groups excluding tert-OH is 4. The Labute approximate surface area is 185 Å². The average molecular weight is 443 g/mol. The van der Waals surface area contributed by atoms with E-state index in [0.29, 0.717) is 16.9 Å². The molecule has 0 aromatic heterocycles. The van der Waals surface area contributed by atoms with Gasteiger partial charge in [-0.3, -0.25) is 0 Å². The molecule has 0 unspecified atom stereocenters. The Balaban J connectivity index is 1.96. The van der Waals surface area contributed by atoms with E-state index in [1.165, 1.54) is 14.2 Å². The summed E-state index contributed by atoms with van der Waals surface area (Å²) in [5.41, 5.74) is 1.88. The molecule has 9 nitrogen and oxygen atoms in total. The van der Waals surface area contributed by atoms with Crippen LogP contribution in [0.1, 0.15) is 16.7 Å². The van der Waals surface area contributed by atoms with Crippen LogP contribution in [-0.4, -0.2) is 72.0 Å². The number of nitriles is 1. The van der Waals surface area contributed by atoms with Crippen molar-refractivity contribution in [3.8, 4) is 23.3 Å². The number of hydrogen-bond donors (Lipinski definition) is 4. The minimum atomic E-state index is -1.58. The molecule has 0 radical (unpaired) electrons. The van der Waals surface area contributed by atoms with Crippen LogP contribution in [0.15, 0.2) is 36.4 Å². The van der Waals surface area contributed by atoms with Crippen molar-refractivity contribution in [2.45, 2.75) is 30.7 Å². The van der Waals surface area contributed by atoms with Crippen LogP contribution in [0.4, 0.5) is 0 Å². The Morgan fingerprint density at radius 3 is 2.31 bits per heavy atom. The zero-order valence-corrected chi connectivity index (χ0v) is 17.6. The fraction of sp³-hybridized carbons (Fsp3) is 0.348. The SMILES string of the molecule is COc1cc(/C=C/c2ccc(C#N)cc2)c(O[C@@H]2O[C@H](CO)[C@@H](O)[C@H](O)[C@H]2O)c(OC)c1. The number of rotatable bonds is 7. The molecular formula is C23H25NO8. The number of methoxy groups -OCH3 is 2. The van der Waals surface area contributed by atoms with Crippen LogP contribution < -0.4 is 14.2 Å². The zero-order valence-electron chi connectivity index (χ0n) is 17.6. The van der Waals surface area contributed by atoms with Crippen molar-refractivity contribution >= 4 is 12.2 Å². The van der Waals surface area contributed by atoms with Gasteiger partial charge in [-0.25, -0.2) is 0 Å². The van der Waals surface area contributed by atoms with Gasteiger partial charge in [-0.2, -0.15) is 5.26 Å². The first-order valence-corrected chi connectivity index (χ1v) is 9.83. The van der Waals surface area contributed by atoms with Gasteiger partial charge in [0, 0.05) is 11.6 Å². The summed E-state index contributed by atoms with van der Waals surface area (Å²) in [5.74, 6) is 0.964. The van der Waals surface area contributed by atoms with E-state index in [9.17, 15) is 20.4 Å². The summed E-state index contributed by atoms with van der Waals surface area (Å²) in [5, 5.41) is 48.8. The summed E-state index contributed by atoms with van der Waals surface area (Å²) in [6.45, 7) is -0.573. The third kappa shape index (κ3) is 5.02. The maximum Gasteiger partial charge on any atom is 0.229 e. The van der Waals surface area contributed by atoms with E-state index in [0.717, 1.165) is 5.56 Å². The number of hydrogen-bond acceptors (Lipinski definition) is 9. The van der Waals surface area contributed by atoms with Crippen molar-refractivity contribution in [3.63, 3.8) is 0 Å². The largest absolute Gasteiger partial charge is 0.497 e. The smallest absolute Gasteiger partial charge is 0.229 e. The van der Waals surface area contributed by atoms with Crippen molar-refractivity contribution in [2.75, 3.05) is 20.8 Å². The van der Waals surface area contributed by atoms with Crippen LogP contribution >= 0.6 is 0 Å². The maximum absolute atomic E-state index is 10.3. The third-order valence-corrected chi connectivity index (χ3v) is 5.09. The van der Waals surface area contributed by atoms with E-state index in [2.05, 4.69) is 6.07 Å². The highest BCUT2D eigenvalue weighted by molar-refractivity contribution is 5.75. The average Bonchev–Trinajstić information content (AvgIpc) is 2.83. The lowest BCUT2D eigenvalue weighted by atomic mass is 9.99. The van der Waals surface area contributed by atoms with Crippen LogP contribution in [0.25, 0.3) is 12.2 Å². The molecule has 0 spiro atoms. The van der Waals surface area contributed by atoms with E-state index >= 15 is 0 Å². The minimum Gasteiger partial charge on any atom is -0.497 e. The monoisotopic (exact) mass is 443 g/mol. The molecule has 1 saturated heterocycles. The molecular weight excluding hydrogens is 418 g/mol. The second-order valence-corrected chi connectivity index (χ2v) is 7.13. The number of nitrogens with zero attached hydrogens (tertiary/aromatic N) is 1. The molecule has 1 fully saturated rings. The topological polar surface area (TPSA) is 142 Å². The van der Waals surface area contributed by atoms with Crippen molar-refractivity contribution in [1.82, 2.24) is 0 Å². The molecule has 0 aliphatic carbocycles. The normalized spacial score (nSPS) is 25.3. The molecule has 5 atom stereocenters. The van der Waals surface area contributed by atoms with Crippen LogP contribution in [0, 0.1) is 11.3 Å². The highest BCUT2D eigenvalue weighted by Gasteiger charge is 2.45. The van der Waals surface area contributed by atoms with Gasteiger partial charge in [0.1, 0.15) is 30.2 Å². The van der Waals surface area contributed by atoms with Gasteiger partial charge >= 0.3 is 0 Å². The van der Waals surface area contributed by atoms with Crippen molar-refractivity contribution < 1.29 is 39.4 Å². The number of aliphatic hydroxyl groups is 4. The Bertz CT molecular complexity index is 983. The molecule has 1 aliphatic heterocycles. The van der Waals surface area contributed by atoms with E-state index in [4.69, 9.17) is 24.2 Å². The first kappa shape index (κ1) is 23.5. The molecule has 2 aromatic carbocycles. The van der Waals surface area contributed by atoms with Gasteiger partial charge in [0.25, 0.3) is 0 Å². The fourth-order valence-corrected chi connectivity index (χ4v) is 3.25. The number of benzene rings is 2. The summed E-state index contributed by atoms with van der Waals surface area (Å²) in [6.07, 6.45) is -3.62. The van der Waals surface area contributed by atoms with Crippen molar-refractivity contribution in [3.05, 3.63) is 53.1 Å². The van der Waals surface area contributed by atoms with Crippen LogP contribution in [0.2, 0.25) is 0 Å². The molecule has 9 heteroatoms. The lowest BCUT2D eigenvalue weighted by Gasteiger charge is -2.39. The minimum absolute atomic E-state index is 0.197. The predicted molar refractivity (Wildman–Crippen MR) is 114 cm³/mol. The third-order valence-electron chi connectivity index (χ3n) is 5.09. The first-order valence-electron chi connectivity index (χ1n) is 9.83. The first-order chi connectivity index (χ1) is 15.4. The van der Waals surface area contributed by atoms with Gasteiger partial charge in [-0.05, 0) is 23.8 Å². The van der Waals surface area contributed by atoms with Gasteiger partial charge < -0.3 is 39.4 Å². The van der Waals surface area contributed by atoms with E-state index < -0.39 is 37.3 Å². The standard InChI is InChI=1S/C23H25NO8/c1-29-16-9-15(8-7-13-3-5-14(11-24)6-4-13)22(17(10-16)30-2)32-23-21(28)20(27)19(26)18(12-25)31-23/h3-10,18-21,23,25-28H,12H2,1-2H3/b8-7+/t18-,19-,20+,21-,23+/m1/s1. The van der Waals surface area contributed by atoms with Gasteiger partial charge in [0.2, 0.25) is 6.29 Å². The quantitative estimate of drug-likeness (QED) is 0.460. The van der Waals surface area contributed by atoms with Crippen molar-refractivity contribution in [2.24, 2.45) is 0 Å². The zero-order chi connectivity index (χ0) is 23.3. The van der Waals surface area contributed by atoms with Crippen LogP contribution in [-0.2, 0) is 4.74 Å². The lowest BCUT2D eigenvalue weighted by Crippen LogP contribution is -2.60. The fourth-order valence-electron chi connectivity index (χ4n) is 3.25. The number of ether oxygens (including phenoxy) is 4. The Kier molecular flexibility index (Phi) is 7.69. The van der Waals surface area contributed by atoms with Crippen LogP contribution in [0.5, 0.6) is 17.2 Å². The molecule has 2 aromatic rings. The Morgan fingerprint density at radius 2 is 1.72 bits per heavy atom. The molecule has 1 heterocycles. The van der Waals surface area contributed by atoms with Gasteiger partial charge in [-0.1, -0.05) is 24.3 Å². The van der Waals surface area contributed by atoms with Crippen molar-refractivity contribution in [1.29, 1.82) is 5.26 Å². The molecule has 32 heavy (non-hydrogen) atoms. The molecule has 4 N–H and O–H groups in total. The van der Waals surface area contributed by atoms with Gasteiger partial charge in [0.15, 0.2) is 11.5 Å². The summed E-state index contributed by atoms with van der Waals surface area (Å²) >= 11 is 0. The summed E-state index contributed by atoms with van der Waals surface area (Å²) in [6, 6.07) is 12.3. The molecule has 0 amide bonds. The van der Waals surface area contributed by atoms with E-state index in [1.807, 2.05) is 0 Å². The summed E-state index contributed by atoms with van der Waals surface area (Å²) in [7, 11) is 2.93. The molecule has 0 saturated carbocycles. The molecule has 3 rings (SSSR count). The summed E-state index contributed by atoms with van der Waals surface area (Å²) in [4.78, 5) is 0. The van der Waals surface area contributed by atoms with Gasteiger partial charge in [0.05, 0.1) is 32.5 Å². The Hall–Kier alpha value is -3.13. The predicted octanol–water partition coefficient (Wildman–Crippen LogP) is 0.925. The highest BCUT2D eigenvalue weighted by atomic mass is 16.7. The van der Waals surface area contributed by atoms with Gasteiger partial charge in [-0.15, -0.1) is 0 Å². The van der Waals surface area contributed by atoms with E-state index in [1.54, 1.807) is 48.6 Å².